The molecule has 31 heavy (non-hydrogen) atoms. The molecule has 0 aliphatic rings. The molecule has 0 saturated heterocycles. The number of aryl methyl sites for hydroxylation is 1. The first-order valence-corrected chi connectivity index (χ1v) is 11.4. The van der Waals surface area contributed by atoms with Gasteiger partial charge in [0, 0.05) is 16.8 Å². The van der Waals surface area contributed by atoms with Gasteiger partial charge < -0.3 is 10.1 Å². The fraction of sp³-hybridized carbons (Fsp3) is 0.391. The van der Waals surface area contributed by atoms with E-state index in [-0.39, 0.29) is 17.2 Å². The first-order chi connectivity index (χ1) is 15.0. The van der Waals surface area contributed by atoms with Gasteiger partial charge in [-0.3, -0.25) is 9.59 Å². The molecule has 7 nitrogen and oxygen atoms in total. The van der Waals surface area contributed by atoms with E-state index in [0.717, 1.165) is 30.6 Å². The predicted octanol–water partition coefficient (Wildman–Crippen LogP) is 3.90. The molecule has 3 aromatic rings. The summed E-state index contributed by atoms with van der Waals surface area (Å²) < 4.78 is 6.72. The van der Waals surface area contributed by atoms with Gasteiger partial charge in [-0.15, -0.1) is 11.3 Å². The summed E-state index contributed by atoms with van der Waals surface area (Å²) in [4.78, 5) is 39.0. The molecular weight excluding hydrogens is 414 g/mol. The maximum atomic E-state index is 12.9. The largest absolute Gasteiger partial charge is 0.448 e. The molecule has 8 heteroatoms. The first-order valence-electron chi connectivity index (χ1n) is 10.5. The maximum Gasteiger partial charge on any atom is 0.360 e. The highest BCUT2D eigenvalue weighted by Gasteiger charge is 2.23. The summed E-state index contributed by atoms with van der Waals surface area (Å²) in [6, 6.07) is 10.7. The summed E-state index contributed by atoms with van der Waals surface area (Å²) in [5.74, 6) is -1.11. The third kappa shape index (κ3) is 5.79. The second-order valence-corrected chi connectivity index (χ2v) is 8.36. The van der Waals surface area contributed by atoms with Crippen molar-refractivity contribution in [1.29, 1.82) is 0 Å². The zero-order valence-corrected chi connectivity index (χ0v) is 18.6. The van der Waals surface area contributed by atoms with Crippen LogP contribution in [0.4, 0.5) is 0 Å². The van der Waals surface area contributed by atoms with Crippen LogP contribution < -0.4 is 10.9 Å². The number of thiophene rings is 1. The lowest BCUT2D eigenvalue weighted by Gasteiger charge is -2.15. The van der Waals surface area contributed by atoms with Gasteiger partial charge in [-0.05, 0) is 30.9 Å². The number of esters is 1. The molecule has 0 bridgehead atoms. The Balaban J connectivity index is 1.76. The number of nitrogens with one attached hydrogen (secondary N) is 1. The minimum absolute atomic E-state index is 0.0450. The summed E-state index contributed by atoms with van der Waals surface area (Å²) in [6.45, 7) is 4.44. The van der Waals surface area contributed by atoms with Crippen LogP contribution in [-0.4, -0.2) is 27.8 Å². The summed E-state index contributed by atoms with van der Waals surface area (Å²) >= 11 is 1.54. The second-order valence-electron chi connectivity index (χ2n) is 7.33. The fourth-order valence-electron chi connectivity index (χ4n) is 3.23. The van der Waals surface area contributed by atoms with Crippen LogP contribution in [0.25, 0.3) is 10.8 Å². The Hall–Kier alpha value is -3.00. The fourth-order valence-corrected chi connectivity index (χ4v) is 3.87. The number of amides is 1. The van der Waals surface area contributed by atoms with Crippen molar-refractivity contribution in [3.63, 3.8) is 0 Å². The average Bonchev–Trinajstić information content (AvgIpc) is 3.30. The minimum atomic E-state index is -0.988. The van der Waals surface area contributed by atoms with Crippen LogP contribution in [0.2, 0.25) is 0 Å². The number of benzene rings is 1. The molecule has 0 spiro atoms. The molecule has 0 aliphatic carbocycles. The van der Waals surface area contributed by atoms with Crippen LogP contribution in [0.15, 0.2) is 46.6 Å². The van der Waals surface area contributed by atoms with Crippen molar-refractivity contribution in [2.24, 2.45) is 0 Å². The van der Waals surface area contributed by atoms with Gasteiger partial charge >= 0.3 is 5.97 Å². The van der Waals surface area contributed by atoms with Crippen LogP contribution in [-0.2, 0) is 22.6 Å². The van der Waals surface area contributed by atoms with Crippen molar-refractivity contribution in [3.8, 4) is 0 Å². The smallest absolute Gasteiger partial charge is 0.360 e. The Morgan fingerprint density at radius 3 is 2.61 bits per heavy atom. The zero-order valence-electron chi connectivity index (χ0n) is 17.8. The van der Waals surface area contributed by atoms with Gasteiger partial charge in [-0.25, -0.2) is 9.48 Å². The maximum absolute atomic E-state index is 12.9. The van der Waals surface area contributed by atoms with Crippen molar-refractivity contribution in [1.82, 2.24) is 15.1 Å². The third-order valence-corrected chi connectivity index (χ3v) is 5.83. The SMILES string of the molecule is CCCCCCn1nc(C(=O)O[C@H](C)C(=O)NCc2cccs2)c2ccccc2c1=O. The van der Waals surface area contributed by atoms with Crippen LogP contribution in [0.3, 0.4) is 0 Å². The van der Waals surface area contributed by atoms with Crippen LogP contribution in [0.1, 0.15) is 54.9 Å². The number of hydrogen-bond acceptors (Lipinski definition) is 6. The number of rotatable bonds is 10. The number of ether oxygens (including phenoxy) is 1. The van der Waals surface area contributed by atoms with Crippen LogP contribution in [0, 0.1) is 0 Å². The van der Waals surface area contributed by atoms with E-state index in [1.54, 1.807) is 24.3 Å². The highest BCUT2D eigenvalue weighted by atomic mass is 32.1. The summed E-state index contributed by atoms with van der Waals surface area (Å²) in [6.07, 6.45) is 2.96. The van der Waals surface area contributed by atoms with E-state index in [4.69, 9.17) is 4.74 Å². The Labute approximate surface area is 185 Å². The van der Waals surface area contributed by atoms with Gasteiger partial charge in [-0.2, -0.15) is 5.10 Å². The molecule has 2 aromatic heterocycles. The Bertz CT molecular complexity index is 1090. The Morgan fingerprint density at radius 2 is 1.90 bits per heavy atom. The lowest BCUT2D eigenvalue weighted by molar-refractivity contribution is -0.129. The average molecular weight is 442 g/mol. The number of fused-ring (bicyclic) bond motifs is 1. The van der Waals surface area contributed by atoms with E-state index in [9.17, 15) is 14.4 Å². The lowest BCUT2D eigenvalue weighted by Crippen LogP contribution is -2.36. The van der Waals surface area contributed by atoms with Crippen molar-refractivity contribution in [2.45, 2.75) is 58.7 Å². The van der Waals surface area contributed by atoms with Crippen LogP contribution in [0.5, 0.6) is 0 Å². The molecule has 164 valence electrons. The van der Waals surface area contributed by atoms with E-state index >= 15 is 0 Å². The van der Waals surface area contributed by atoms with Gasteiger partial charge in [0.15, 0.2) is 11.8 Å². The van der Waals surface area contributed by atoms with E-state index in [1.807, 2.05) is 17.5 Å². The molecule has 0 aliphatic heterocycles. The number of aromatic nitrogens is 2. The van der Waals surface area contributed by atoms with Gasteiger partial charge in [0.05, 0.1) is 11.9 Å². The van der Waals surface area contributed by atoms with E-state index in [2.05, 4.69) is 17.3 Å². The number of carbonyl (C=O) groups is 2. The second kappa shape index (κ2) is 10.9. The monoisotopic (exact) mass is 441 g/mol. The number of nitrogens with zero attached hydrogens (tertiary/aromatic N) is 2. The topological polar surface area (TPSA) is 90.3 Å². The minimum Gasteiger partial charge on any atom is -0.448 e. The molecule has 3 rings (SSSR count). The zero-order chi connectivity index (χ0) is 22.2. The summed E-state index contributed by atoms with van der Waals surface area (Å²) in [5.41, 5.74) is -0.186. The van der Waals surface area contributed by atoms with Gasteiger partial charge in [-0.1, -0.05) is 50.5 Å². The summed E-state index contributed by atoms with van der Waals surface area (Å²) in [7, 11) is 0. The Morgan fingerprint density at radius 1 is 1.13 bits per heavy atom. The third-order valence-electron chi connectivity index (χ3n) is 4.95. The van der Waals surface area contributed by atoms with Gasteiger partial charge in [0.1, 0.15) is 0 Å². The highest BCUT2D eigenvalue weighted by Crippen LogP contribution is 2.16. The van der Waals surface area contributed by atoms with Gasteiger partial charge in [0.25, 0.3) is 11.5 Å². The lowest BCUT2D eigenvalue weighted by atomic mass is 10.1. The number of hydrogen-bond donors (Lipinski definition) is 1. The van der Waals surface area contributed by atoms with Crippen molar-refractivity contribution >= 4 is 34.0 Å². The number of unbranched alkanes of at least 4 members (excludes halogenated alkanes) is 3. The quantitative estimate of drug-likeness (QED) is 0.381. The predicted molar refractivity (Wildman–Crippen MR) is 121 cm³/mol. The normalized spacial score (nSPS) is 11.9. The molecule has 0 fully saturated rings. The first kappa shape index (κ1) is 22.7. The standard InChI is InChI=1S/C23H27N3O4S/c1-3-4-5-8-13-26-22(28)19-12-7-6-11-18(19)20(25-26)23(29)30-16(2)21(27)24-15-17-10-9-14-31-17/h6-7,9-12,14,16H,3-5,8,13,15H2,1-2H3,(H,24,27)/t16-/m1/s1. The Kier molecular flexibility index (Phi) is 7.94. The molecule has 0 unspecified atom stereocenters. The molecule has 1 atom stereocenters. The molecule has 0 saturated carbocycles. The number of carbonyl (C=O) groups excluding carboxylic acids is 2. The van der Waals surface area contributed by atoms with E-state index in [1.165, 1.54) is 22.9 Å². The molecule has 2 heterocycles. The van der Waals surface area contributed by atoms with Crippen molar-refractivity contribution in [2.75, 3.05) is 0 Å². The van der Waals surface area contributed by atoms with Crippen molar-refractivity contribution < 1.29 is 14.3 Å². The summed E-state index contributed by atoms with van der Waals surface area (Å²) in [5, 5.41) is 9.82. The van der Waals surface area contributed by atoms with E-state index in [0.29, 0.717) is 23.9 Å². The highest BCUT2D eigenvalue weighted by molar-refractivity contribution is 7.09. The van der Waals surface area contributed by atoms with Crippen molar-refractivity contribution in [3.05, 3.63) is 62.7 Å². The molecular formula is C23H27N3O4S. The molecule has 1 aromatic carbocycles. The van der Waals surface area contributed by atoms with Gasteiger partial charge in [0.2, 0.25) is 0 Å². The van der Waals surface area contributed by atoms with Crippen LogP contribution >= 0.6 is 11.3 Å². The molecule has 1 amide bonds. The molecule has 1 N–H and O–H groups in total. The molecule has 0 radical (unpaired) electrons. The van der Waals surface area contributed by atoms with E-state index < -0.39 is 12.1 Å².